The predicted molar refractivity (Wildman–Crippen MR) is 202 cm³/mol. The van der Waals surface area contributed by atoms with Crippen LogP contribution in [0, 0.1) is 0 Å². The van der Waals surface area contributed by atoms with E-state index in [4.69, 9.17) is 31.3 Å². The maximum absolute atomic E-state index is 13.1. The standard InChI is InChI=1S/C41H55ClN2O9/c1-27(6-4-5-19-44(20-22-52-23-21-45)40(51)39(50)38(49)37(48)35(47)26-46)28-9-12-34(42)29(24-28)13-15-41(16-17-41)33-25-43-18-14-31(33)32-7-2-3-8-36(32)53-30-10-11-30/h2-3,7-9,12,14,18,24-25,27,30,35,37-39,45-50H,4-6,10-11,13,15-17,19-23,26H2,1H3/t27?,35-,37+,38-,39-/m0/s1. The zero-order valence-electron chi connectivity index (χ0n) is 30.5. The number of nitrogens with zero attached hydrogens (tertiary/aromatic N) is 2. The molecular formula is C41H55ClN2O9. The first kappa shape index (κ1) is 41.0. The Balaban J connectivity index is 1.18. The molecule has 2 aliphatic carbocycles. The molecule has 0 saturated heterocycles. The molecule has 53 heavy (non-hydrogen) atoms. The number of aromatic nitrogens is 1. The number of ether oxygens (including phenoxy) is 2. The summed E-state index contributed by atoms with van der Waals surface area (Å²) in [4.78, 5) is 19.0. The van der Waals surface area contributed by atoms with E-state index in [0.717, 1.165) is 73.3 Å². The van der Waals surface area contributed by atoms with Crippen LogP contribution < -0.4 is 4.74 Å². The van der Waals surface area contributed by atoms with Crippen LogP contribution in [0.1, 0.15) is 80.9 Å². The molecule has 3 aromatic rings. The molecule has 2 aliphatic rings. The number of halogens is 1. The summed E-state index contributed by atoms with van der Waals surface area (Å²) in [6.45, 7) is 1.69. The lowest BCUT2D eigenvalue weighted by molar-refractivity contribution is -0.159. The molecule has 0 bridgehead atoms. The van der Waals surface area contributed by atoms with Crippen molar-refractivity contribution in [1.29, 1.82) is 0 Å². The van der Waals surface area contributed by atoms with Crippen LogP contribution in [0.3, 0.4) is 0 Å². The molecule has 1 amide bonds. The molecule has 290 valence electrons. The second kappa shape index (κ2) is 19.5. The second-order valence-corrected chi connectivity index (χ2v) is 15.0. The minimum absolute atomic E-state index is 0.0357. The largest absolute Gasteiger partial charge is 0.490 e. The van der Waals surface area contributed by atoms with Crippen molar-refractivity contribution >= 4 is 17.5 Å². The number of aryl methyl sites for hydroxylation is 1. The van der Waals surface area contributed by atoms with E-state index in [2.05, 4.69) is 48.3 Å². The minimum atomic E-state index is -2.01. The van der Waals surface area contributed by atoms with E-state index in [9.17, 15) is 25.2 Å². The fourth-order valence-corrected chi connectivity index (χ4v) is 7.14. The van der Waals surface area contributed by atoms with Crippen molar-refractivity contribution < 1.29 is 44.9 Å². The van der Waals surface area contributed by atoms with Crippen molar-refractivity contribution in [3.05, 3.63) is 82.6 Å². The molecular weight excluding hydrogens is 700 g/mol. The Morgan fingerprint density at radius 1 is 0.981 bits per heavy atom. The van der Waals surface area contributed by atoms with Crippen molar-refractivity contribution in [1.82, 2.24) is 9.88 Å². The topological polar surface area (TPSA) is 173 Å². The van der Waals surface area contributed by atoms with Crippen molar-refractivity contribution in [3.8, 4) is 16.9 Å². The fourth-order valence-electron chi connectivity index (χ4n) is 6.93. The third-order valence-electron chi connectivity index (χ3n) is 10.6. The van der Waals surface area contributed by atoms with Crippen LogP contribution in [0.15, 0.2) is 60.9 Å². The third-order valence-corrected chi connectivity index (χ3v) is 11.0. The zero-order valence-corrected chi connectivity index (χ0v) is 31.3. The number of aliphatic hydroxyl groups is 6. The second-order valence-electron chi connectivity index (χ2n) is 14.6. The Labute approximate surface area is 317 Å². The van der Waals surface area contributed by atoms with E-state index >= 15 is 0 Å². The summed E-state index contributed by atoms with van der Waals surface area (Å²) in [5.74, 6) is 0.321. The zero-order chi connectivity index (χ0) is 38.0. The Morgan fingerprint density at radius 3 is 2.47 bits per heavy atom. The SMILES string of the molecule is CC(CCCCN(CCOCCO)C(=O)[C@@H](O)[C@@H](O)[C@H](O)[C@@H](O)CO)c1ccc(Cl)c(CCC2(c3cnccc3-c3ccccc3OC3CC3)CC2)c1. The smallest absolute Gasteiger partial charge is 0.254 e. The lowest BCUT2D eigenvalue weighted by Crippen LogP contribution is -2.53. The summed E-state index contributed by atoms with van der Waals surface area (Å²) in [6, 6.07) is 16.7. The van der Waals surface area contributed by atoms with Crippen LogP contribution in [-0.2, 0) is 21.4 Å². The van der Waals surface area contributed by atoms with Gasteiger partial charge in [-0.3, -0.25) is 9.78 Å². The van der Waals surface area contributed by atoms with Gasteiger partial charge in [0.25, 0.3) is 5.91 Å². The van der Waals surface area contributed by atoms with Gasteiger partial charge in [0.05, 0.1) is 32.5 Å². The van der Waals surface area contributed by atoms with Gasteiger partial charge in [-0.25, -0.2) is 0 Å². The molecule has 1 heterocycles. The molecule has 5 atom stereocenters. The summed E-state index contributed by atoms with van der Waals surface area (Å²) in [6.07, 6.45) is 4.97. The number of carbonyl (C=O) groups is 1. The number of hydrogen-bond acceptors (Lipinski definition) is 10. The van der Waals surface area contributed by atoms with Crippen LogP contribution in [0.4, 0.5) is 0 Å². The van der Waals surface area contributed by atoms with Gasteiger partial charge in [-0.1, -0.05) is 55.3 Å². The van der Waals surface area contributed by atoms with E-state index in [1.54, 1.807) is 0 Å². The molecule has 2 aromatic carbocycles. The summed E-state index contributed by atoms with van der Waals surface area (Å²) in [5, 5.41) is 59.3. The fraction of sp³-hybridized carbons (Fsp3) is 0.561. The van der Waals surface area contributed by atoms with Crippen LogP contribution in [0.5, 0.6) is 5.75 Å². The van der Waals surface area contributed by atoms with Crippen LogP contribution in [0.2, 0.25) is 5.02 Å². The molecule has 0 spiro atoms. The summed E-state index contributed by atoms with van der Waals surface area (Å²) in [5.41, 5.74) is 5.90. The average Bonchev–Trinajstić information content (AvgIpc) is 4.13. The number of rotatable bonds is 23. The molecule has 2 fully saturated rings. The normalized spacial score (nSPS) is 17.8. The molecule has 11 nitrogen and oxygen atoms in total. The highest BCUT2D eigenvalue weighted by Gasteiger charge is 2.45. The van der Waals surface area contributed by atoms with Gasteiger partial charge in [0.2, 0.25) is 0 Å². The molecule has 0 radical (unpaired) electrons. The Bertz CT molecular complexity index is 1620. The quantitative estimate of drug-likeness (QED) is 0.0773. The monoisotopic (exact) mass is 754 g/mol. The Kier molecular flexibility index (Phi) is 15.1. The van der Waals surface area contributed by atoms with Gasteiger partial charge in [0.1, 0.15) is 24.1 Å². The number of unbranched alkanes of at least 4 members (excludes halogenated alkanes) is 1. The lowest BCUT2D eigenvalue weighted by Gasteiger charge is -2.30. The number of benzene rings is 2. The highest BCUT2D eigenvalue weighted by atomic mass is 35.5. The number of hydrogen-bond donors (Lipinski definition) is 6. The highest BCUT2D eigenvalue weighted by molar-refractivity contribution is 6.31. The lowest BCUT2D eigenvalue weighted by atomic mass is 9.84. The Hall–Kier alpha value is -3.13. The first-order valence-corrected chi connectivity index (χ1v) is 19.3. The third kappa shape index (κ3) is 11.0. The van der Waals surface area contributed by atoms with E-state index in [0.29, 0.717) is 12.5 Å². The molecule has 1 aromatic heterocycles. The summed E-state index contributed by atoms with van der Waals surface area (Å²) < 4.78 is 11.6. The molecule has 12 heteroatoms. The van der Waals surface area contributed by atoms with E-state index in [-0.39, 0.29) is 44.2 Å². The maximum atomic E-state index is 13.1. The van der Waals surface area contributed by atoms with E-state index < -0.39 is 36.9 Å². The van der Waals surface area contributed by atoms with Crippen molar-refractivity contribution in [3.63, 3.8) is 0 Å². The first-order valence-electron chi connectivity index (χ1n) is 18.9. The van der Waals surface area contributed by atoms with Crippen LogP contribution >= 0.6 is 11.6 Å². The molecule has 0 aliphatic heterocycles. The minimum Gasteiger partial charge on any atom is -0.490 e. The summed E-state index contributed by atoms with van der Waals surface area (Å²) in [7, 11) is 0. The number of carbonyl (C=O) groups excluding carboxylic acids is 1. The van der Waals surface area contributed by atoms with Crippen molar-refractivity contribution in [2.24, 2.45) is 0 Å². The van der Waals surface area contributed by atoms with Crippen LogP contribution in [0.25, 0.3) is 11.1 Å². The van der Waals surface area contributed by atoms with Gasteiger partial charge in [0.15, 0.2) is 6.10 Å². The number of aliphatic hydroxyl groups excluding tert-OH is 6. The molecule has 6 N–H and O–H groups in total. The van der Waals surface area contributed by atoms with Gasteiger partial charge >= 0.3 is 0 Å². The average molecular weight is 755 g/mol. The van der Waals surface area contributed by atoms with E-state index in [1.165, 1.54) is 21.6 Å². The van der Waals surface area contributed by atoms with Gasteiger partial charge < -0.3 is 45.0 Å². The molecule has 5 rings (SSSR count). The van der Waals surface area contributed by atoms with Gasteiger partial charge in [0, 0.05) is 36.1 Å². The van der Waals surface area contributed by atoms with Crippen LogP contribution in [-0.4, -0.2) is 116 Å². The Morgan fingerprint density at radius 2 is 1.75 bits per heavy atom. The highest BCUT2D eigenvalue weighted by Crippen LogP contribution is 2.55. The molecule has 1 unspecified atom stereocenters. The number of para-hydroxylation sites is 1. The van der Waals surface area contributed by atoms with Gasteiger partial charge in [-0.05, 0) is 103 Å². The first-order chi connectivity index (χ1) is 25.6. The summed E-state index contributed by atoms with van der Waals surface area (Å²) >= 11 is 6.77. The number of amides is 1. The van der Waals surface area contributed by atoms with Crippen molar-refractivity contribution in [2.45, 2.75) is 107 Å². The van der Waals surface area contributed by atoms with Crippen molar-refractivity contribution in [2.75, 3.05) is 39.5 Å². The predicted octanol–water partition coefficient (Wildman–Crippen LogP) is 4.15. The number of pyridine rings is 1. The maximum Gasteiger partial charge on any atom is 0.254 e. The molecule has 2 saturated carbocycles. The van der Waals surface area contributed by atoms with Gasteiger partial charge in [-0.15, -0.1) is 0 Å². The van der Waals surface area contributed by atoms with Gasteiger partial charge in [-0.2, -0.15) is 0 Å². The van der Waals surface area contributed by atoms with E-state index in [1.807, 2.05) is 24.5 Å².